The highest BCUT2D eigenvalue weighted by molar-refractivity contribution is 5.99. The Morgan fingerprint density at radius 2 is 1.43 bits per heavy atom. The van der Waals surface area contributed by atoms with E-state index in [-0.39, 0.29) is 11.5 Å². The molecular weight excluding hydrogens is 264 g/mol. The van der Waals surface area contributed by atoms with Gasteiger partial charge in [-0.2, -0.15) is 0 Å². The number of methoxy groups -OCH3 is 1. The maximum atomic E-state index is 11.9. The number of ether oxygens (including phenoxy) is 1. The van der Waals surface area contributed by atoms with E-state index in [0.717, 1.165) is 5.56 Å². The summed E-state index contributed by atoms with van der Waals surface area (Å²) in [5, 5.41) is 9.54. The summed E-state index contributed by atoms with van der Waals surface area (Å²) in [5.74, 6) is -0.0206. The highest BCUT2D eigenvalue weighted by Crippen LogP contribution is 2.17. The van der Waals surface area contributed by atoms with Crippen LogP contribution >= 0.6 is 0 Å². The zero-order valence-corrected chi connectivity index (χ0v) is 13.2. The van der Waals surface area contributed by atoms with Crippen LogP contribution < -0.4 is 0 Å². The monoisotopic (exact) mass is 288 g/mol. The van der Waals surface area contributed by atoms with Crippen molar-refractivity contribution in [1.29, 1.82) is 0 Å². The molecule has 0 saturated heterocycles. The molecule has 0 amide bonds. The molecule has 2 aromatic rings. The lowest BCUT2D eigenvalue weighted by atomic mass is 10.0. The Labute approximate surface area is 127 Å². The number of hydrogen-bond acceptors (Lipinski definition) is 3. The first-order valence-electron chi connectivity index (χ1n) is 6.94. The molecule has 0 aliphatic rings. The molecule has 2 rings (SSSR count). The van der Waals surface area contributed by atoms with Gasteiger partial charge in [-0.3, -0.25) is 4.79 Å². The fraction of sp³-hybridized carbons (Fsp3) is 0.278. The summed E-state index contributed by atoms with van der Waals surface area (Å²) in [6.45, 7) is 4.00. The van der Waals surface area contributed by atoms with Crippen LogP contribution in [0.1, 0.15) is 29.8 Å². The van der Waals surface area contributed by atoms with Crippen molar-refractivity contribution in [3.05, 3.63) is 65.7 Å². The second kappa shape index (κ2) is 11.7. The van der Waals surface area contributed by atoms with Gasteiger partial charge in [0.25, 0.3) is 0 Å². The third-order valence-electron chi connectivity index (χ3n) is 2.41. The van der Waals surface area contributed by atoms with E-state index in [1.165, 1.54) is 6.07 Å². The Morgan fingerprint density at radius 3 is 1.95 bits per heavy atom. The number of phenols is 1. The van der Waals surface area contributed by atoms with Gasteiger partial charge in [0.05, 0.1) is 5.56 Å². The fourth-order valence-electron chi connectivity index (χ4n) is 1.59. The minimum Gasteiger partial charge on any atom is -0.507 e. The van der Waals surface area contributed by atoms with Gasteiger partial charge in [-0.05, 0) is 17.7 Å². The summed E-state index contributed by atoms with van der Waals surface area (Å²) in [6.07, 6.45) is 0.318. The Hall–Kier alpha value is -2.13. The zero-order valence-electron chi connectivity index (χ0n) is 13.2. The van der Waals surface area contributed by atoms with Crippen molar-refractivity contribution in [3.63, 3.8) is 0 Å². The largest absolute Gasteiger partial charge is 0.507 e. The van der Waals surface area contributed by atoms with Gasteiger partial charge in [0, 0.05) is 20.6 Å². The van der Waals surface area contributed by atoms with E-state index in [0.29, 0.717) is 12.0 Å². The molecule has 0 spiro atoms. The fourth-order valence-corrected chi connectivity index (χ4v) is 1.59. The molecule has 3 nitrogen and oxygen atoms in total. The Morgan fingerprint density at radius 1 is 0.952 bits per heavy atom. The molecule has 0 aliphatic carbocycles. The van der Waals surface area contributed by atoms with Crippen molar-refractivity contribution in [1.82, 2.24) is 0 Å². The maximum absolute atomic E-state index is 11.9. The Bertz CT molecular complexity index is 507. The van der Waals surface area contributed by atoms with Crippen LogP contribution in [0.4, 0.5) is 0 Å². The van der Waals surface area contributed by atoms with Crippen molar-refractivity contribution < 1.29 is 14.6 Å². The molecule has 3 heteroatoms. The predicted octanol–water partition coefficient (Wildman–Crippen LogP) is 4.11. The molecule has 0 bridgehead atoms. The van der Waals surface area contributed by atoms with Crippen LogP contribution in [-0.4, -0.2) is 25.1 Å². The number of hydrogen-bond donors (Lipinski definition) is 1. The highest BCUT2D eigenvalue weighted by Gasteiger charge is 2.10. The van der Waals surface area contributed by atoms with Crippen LogP contribution in [0, 0.1) is 0 Å². The number of benzene rings is 2. The molecule has 0 aromatic heterocycles. The predicted molar refractivity (Wildman–Crippen MR) is 86.9 cm³/mol. The lowest BCUT2D eigenvalue weighted by molar-refractivity contribution is 0.0990. The molecular formula is C18H24O3. The summed E-state index contributed by atoms with van der Waals surface area (Å²) in [4.78, 5) is 11.9. The van der Waals surface area contributed by atoms with Gasteiger partial charge in [-0.15, -0.1) is 0 Å². The van der Waals surface area contributed by atoms with Gasteiger partial charge in [-0.1, -0.05) is 56.3 Å². The Balaban J connectivity index is 0.000000713. The topological polar surface area (TPSA) is 46.5 Å². The molecule has 114 valence electrons. The van der Waals surface area contributed by atoms with Crippen LogP contribution in [0.2, 0.25) is 0 Å². The third-order valence-corrected chi connectivity index (χ3v) is 2.41. The van der Waals surface area contributed by atoms with E-state index < -0.39 is 0 Å². The molecule has 0 saturated carbocycles. The summed E-state index contributed by atoms with van der Waals surface area (Å²) >= 11 is 0. The molecule has 1 N–H and O–H groups in total. The number of Topliss-reactive ketones (excluding diaryl/α,β-unsaturated/α-hetero) is 1. The first-order valence-corrected chi connectivity index (χ1v) is 6.94. The van der Waals surface area contributed by atoms with Crippen LogP contribution in [-0.2, 0) is 11.2 Å². The average Bonchev–Trinajstić information content (AvgIpc) is 2.51. The van der Waals surface area contributed by atoms with Crippen LogP contribution in [0.5, 0.6) is 5.75 Å². The molecule has 0 unspecified atom stereocenters. The molecule has 21 heavy (non-hydrogen) atoms. The third kappa shape index (κ3) is 7.28. The van der Waals surface area contributed by atoms with Gasteiger partial charge in [0.1, 0.15) is 5.75 Å². The quantitative estimate of drug-likeness (QED) is 0.865. The lowest BCUT2D eigenvalue weighted by Gasteiger charge is -2.03. The van der Waals surface area contributed by atoms with Crippen molar-refractivity contribution in [3.8, 4) is 5.75 Å². The van der Waals surface area contributed by atoms with Gasteiger partial charge in [0.15, 0.2) is 5.78 Å². The van der Waals surface area contributed by atoms with Crippen molar-refractivity contribution >= 4 is 5.78 Å². The highest BCUT2D eigenvalue weighted by atomic mass is 16.4. The molecule has 0 aliphatic heterocycles. The van der Waals surface area contributed by atoms with Gasteiger partial charge in [0.2, 0.25) is 0 Å². The van der Waals surface area contributed by atoms with E-state index in [1.807, 2.05) is 44.2 Å². The van der Waals surface area contributed by atoms with Gasteiger partial charge >= 0.3 is 0 Å². The second-order valence-corrected chi connectivity index (χ2v) is 4.01. The van der Waals surface area contributed by atoms with Crippen LogP contribution in [0.25, 0.3) is 0 Å². The van der Waals surface area contributed by atoms with Crippen LogP contribution in [0.15, 0.2) is 54.6 Å². The van der Waals surface area contributed by atoms with Crippen LogP contribution in [0.3, 0.4) is 0 Å². The second-order valence-electron chi connectivity index (χ2n) is 4.01. The van der Waals surface area contributed by atoms with E-state index >= 15 is 0 Å². The summed E-state index contributed by atoms with van der Waals surface area (Å²) in [6, 6.07) is 16.1. The number of rotatable bonds is 3. The average molecular weight is 288 g/mol. The molecule has 0 heterocycles. The summed E-state index contributed by atoms with van der Waals surface area (Å²) < 4.78 is 4.25. The molecule has 2 aromatic carbocycles. The van der Waals surface area contributed by atoms with Crippen molar-refractivity contribution in [2.45, 2.75) is 20.3 Å². The smallest absolute Gasteiger partial charge is 0.170 e. The number of carbonyl (C=O) groups excluding carboxylic acids is 1. The van der Waals surface area contributed by atoms with Crippen molar-refractivity contribution in [2.75, 3.05) is 14.2 Å². The Kier molecular flexibility index (Phi) is 10.5. The number of phenolic OH excluding ortho intramolecular Hbond substituents is 1. The SMILES string of the molecule is CC.COC.O=C(Cc1ccccc1)c1ccccc1O. The van der Waals surface area contributed by atoms with E-state index in [4.69, 9.17) is 0 Å². The standard InChI is InChI=1S/C14H12O2.C2H6O.C2H6/c15-13-9-5-4-8-12(13)14(16)10-11-6-2-1-3-7-11;1-3-2;1-2/h1-9,15H,10H2;1-2H3;1-2H3. The normalized spacial score (nSPS) is 8.76. The lowest BCUT2D eigenvalue weighted by Crippen LogP contribution is -2.03. The summed E-state index contributed by atoms with van der Waals surface area (Å²) in [5.41, 5.74) is 1.34. The number of para-hydroxylation sites is 1. The number of ketones is 1. The van der Waals surface area contributed by atoms with E-state index in [9.17, 15) is 9.90 Å². The number of carbonyl (C=O) groups is 1. The first-order chi connectivity index (χ1) is 10.2. The zero-order chi connectivity index (χ0) is 16.1. The van der Waals surface area contributed by atoms with E-state index in [1.54, 1.807) is 32.4 Å². The minimum absolute atomic E-state index is 0.0448. The molecule has 0 fully saturated rings. The number of aromatic hydroxyl groups is 1. The van der Waals surface area contributed by atoms with Crippen molar-refractivity contribution in [2.24, 2.45) is 0 Å². The molecule has 0 radical (unpaired) electrons. The van der Waals surface area contributed by atoms with Gasteiger partial charge < -0.3 is 9.84 Å². The minimum atomic E-state index is -0.0655. The molecule has 0 atom stereocenters. The van der Waals surface area contributed by atoms with Gasteiger partial charge in [-0.25, -0.2) is 0 Å². The van der Waals surface area contributed by atoms with E-state index in [2.05, 4.69) is 4.74 Å². The maximum Gasteiger partial charge on any atom is 0.170 e. The summed E-state index contributed by atoms with van der Waals surface area (Å²) in [7, 11) is 3.25. The first kappa shape index (κ1) is 18.9.